The number of carbonyl (C=O) groups excluding carboxylic acids is 1. The molecule has 112 valence electrons. The highest BCUT2D eigenvalue weighted by molar-refractivity contribution is 5.79. The van der Waals surface area contributed by atoms with Crippen LogP contribution in [0.2, 0.25) is 0 Å². The summed E-state index contributed by atoms with van der Waals surface area (Å²) in [4.78, 5) is 20.6. The van der Waals surface area contributed by atoms with Crippen molar-refractivity contribution in [2.75, 3.05) is 33.7 Å². The van der Waals surface area contributed by atoms with Gasteiger partial charge in [-0.3, -0.25) is 9.78 Å². The molecule has 0 aliphatic rings. The smallest absolute Gasteiger partial charge is 0.227 e. The largest absolute Gasteiger partial charge is 0.337 e. The molecule has 2 N–H and O–H groups in total. The van der Waals surface area contributed by atoms with Crippen LogP contribution in [0.15, 0.2) is 24.5 Å². The fourth-order valence-electron chi connectivity index (χ4n) is 2.00. The average Bonchev–Trinajstić information content (AvgIpc) is 2.45. The molecule has 1 amide bonds. The minimum absolute atomic E-state index is 0.0890. The molecule has 0 fully saturated rings. The molecule has 0 bridgehead atoms. The fourth-order valence-corrected chi connectivity index (χ4v) is 2.00. The summed E-state index contributed by atoms with van der Waals surface area (Å²) in [6.45, 7) is 4.55. The van der Waals surface area contributed by atoms with Crippen molar-refractivity contribution >= 4 is 5.91 Å². The van der Waals surface area contributed by atoms with E-state index < -0.39 is 0 Å². The van der Waals surface area contributed by atoms with E-state index in [-0.39, 0.29) is 11.8 Å². The van der Waals surface area contributed by atoms with E-state index in [1.54, 1.807) is 12.4 Å². The van der Waals surface area contributed by atoms with E-state index >= 15 is 0 Å². The van der Waals surface area contributed by atoms with E-state index in [2.05, 4.69) is 9.88 Å². The van der Waals surface area contributed by atoms with Crippen LogP contribution in [0.1, 0.15) is 18.9 Å². The highest BCUT2D eigenvalue weighted by Crippen LogP contribution is 2.10. The van der Waals surface area contributed by atoms with Crippen LogP contribution in [0.5, 0.6) is 0 Å². The molecule has 1 atom stereocenters. The van der Waals surface area contributed by atoms with E-state index in [0.717, 1.165) is 18.5 Å². The van der Waals surface area contributed by atoms with Gasteiger partial charge in [0.05, 0.1) is 5.92 Å². The molecule has 1 aromatic rings. The average molecular weight is 278 g/mol. The number of rotatable bonds is 8. The Bertz CT molecular complexity index is 390. The van der Waals surface area contributed by atoms with Crippen LogP contribution in [0.3, 0.4) is 0 Å². The molecule has 1 aromatic heterocycles. The summed E-state index contributed by atoms with van der Waals surface area (Å²) in [6.07, 6.45) is 4.32. The van der Waals surface area contributed by atoms with Gasteiger partial charge in [0.15, 0.2) is 0 Å². The molecule has 1 rings (SSSR count). The maximum absolute atomic E-state index is 12.5. The molecule has 0 aliphatic carbocycles. The summed E-state index contributed by atoms with van der Waals surface area (Å²) >= 11 is 0. The zero-order valence-corrected chi connectivity index (χ0v) is 12.7. The second kappa shape index (κ2) is 8.66. The van der Waals surface area contributed by atoms with Crippen molar-refractivity contribution in [3.8, 4) is 0 Å². The molecule has 0 aliphatic heterocycles. The van der Waals surface area contributed by atoms with E-state index in [4.69, 9.17) is 5.73 Å². The van der Waals surface area contributed by atoms with Crippen molar-refractivity contribution in [2.24, 2.45) is 11.7 Å². The van der Waals surface area contributed by atoms with Crippen LogP contribution in [0.25, 0.3) is 0 Å². The Morgan fingerprint density at radius 2 is 2.15 bits per heavy atom. The second-order valence-electron chi connectivity index (χ2n) is 5.27. The van der Waals surface area contributed by atoms with Gasteiger partial charge in [-0.15, -0.1) is 0 Å². The van der Waals surface area contributed by atoms with E-state index in [9.17, 15) is 4.79 Å². The highest BCUT2D eigenvalue weighted by Gasteiger charge is 2.21. The second-order valence-corrected chi connectivity index (χ2v) is 5.27. The number of hydrogen-bond donors (Lipinski definition) is 1. The number of aromatic nitrogens is 1. The Morgan fingerprint density at radius 3 is 2.65 bits per heavy atom. The van der Waals surface area contributed by atoms with Gasteiger partial charge in [0.25, 0.3) is 0 Å². The van der Waals surface area contributed by atoms with Crippen LogP contribution < -0.4 is 5.73 Å². The first-order chi connectivity index (χ1) is 9.58. The Labute approximate surface area is 121 Å². The third-order valence-electron chi connectivity index (χ3n) is 3.35. The van der Waals surface area contributed by atoms with E-state index in [0.29, 0.717) is 19.6 Å². The summed E-state index contributed by atoms with van der Waals surface area (Å²) < 4.78 is 0. The quantitative estimate of drug-likeness (QED) is 0.769. The van der Waals surface area contributed by atoms with Crippen molar-refractivity contribution in [1.29, 1.82) is 0 Å². The Hall–Kier alpha value is -1.46. The lowest BCUT2D eigenvalue weighted by atomic mass is 10.0. The van der Waals surface area contributed by atoms with E-state index in [1.165, 1.54) is 0 Å². The molecule has 1 heterocycles. The number of hydrogen-bond acceptors (Lipinski definition) is 4. The summed E-state index contributed by atoms with van der Waals surface area (Å²) in [5.74, 6) is 0.0505. The fraction of sp³-hybridized carbons (Fsp3) is 0.600. The van der Waals surface area contributed by atoms with E-state index in [1.807, 2.05) is 38.1 Å². The van der Waals surface area contributed by atoms with Gasteiger partial charge >= 0.3 is 0 Å². The molecule has 0 saturated carbocycles. The summed E-state index contributed by atoms with van der Waals surface area (Å²) in [5.41, 5.74) is 6.75. The van der Waals surface area contributed by atoms with Crippen molar-refractivity contribution < 1.29 is 4.79 Å². The lowest BCUT2D eigenvalue weighted by Crippen LogP contribution is -2.41. The maximum Gasteiger partial charge on any atom is 0.227 e. The molecule has 1 unspecified atom stereocenters. The van der Waals surface area contributed by atoms with Gasteiger partial charge in [-0.25, -0.2) is 0 Å². The van der Waals surface area contributed by atoms with Gasteiger partial charge in [-0.1, -0.05) is 13.0 Å². The van der Waals surface area contributed by atoms with Crippen LogP contribution >= 0.6 is 0 Å². The maximum atomic E-state index is 12.5. The van der Waals surface area contributed by atoms with Gasteiger partial charge in [-0.05, 0) is 32.1 Å². The van der Waals surface area contributed by atoms with Crippen molar-refractivity contribution in [3.05, 3.63) is 30.1 Å². The van der Waals surface area contributed by atoms with Gasteiger partial charge < -0.3 is 15.5 Å². The van der Waals surface area contributed by atoms with Crippen molar-refractivity contribution in [1.82, 2.24) is 14.8 Å². The molecule has 0 aromatic carbocycles. The van der Waals surface area contributed by atoms with Gasteiger partial charge in [0.1, 0.15) is 0 Å². The first-order valence-corrected chi connectivity index (χ1v) is 7.11. The highest BCUT2D eigenvalue weighted by atomic mass is 16.2. The van der Waals surface area contributed by atoms with Gasteiger partial charge in [0.2, 0.25) is 5.91 Å². The first-order valence-electron chi connectivity index (χ1n) is 7.11. The molecule has 5 nitrogen and oxygen atoms in total. The zero-order valence-electron chi connectivity index (χ0n) is 12.7. The number of nitrogens with zero attached hydrogens (tertiary/aromatic N) is 3. The topological polar surface area (TPSA) is 62.5 Å². The summed E-state index contributed by atoms with van der Waals surface area (Å²) in [5, 5.41) is 0. The predicted molar refractivity (Wildman–Crippen MR) is 81.0 cm³/mol. The minimum Gasteiger partial charge on any atom is -0.337 e. The van der Waals surface area contributed by atoms with Crippen LogP contribution in [-0.2, 0) is 11.3 Å². The Balaban J connectivity index is 2.76. The molecule has 0 saturated heterocycles. The molecule has 0 spiro atoms. The summed E-state index contributed by atoms with van der Waals surface area (Å²) in [6, 6.07) is 3.89. The van der Waals surface area contributed by atoms with Crippen LogP contribution in [0.4, 0.5) is 0 Å². The normalized spacial score (nSPS) is 12.4. The third kappa shape index (κ3) is 5.27. The van der Waals surface area contributed by atoms with Crippen molar-refractivity contribution in [3.63, 3.8) is 0 Å². The predicted octanol–water partition coefficient (Wildman–Crippen LogP) is 0.957. The molecule has 20 heavy (non-hydrogen) atoms. The number of likely N-dealkylation sites (N-methyl/N-ethyl adjacent to an activating group) is 1. The Morgan fingerprint density at radius 1 is 1.40 bits per heavy atom. The first kappa shape index (κ1) is 16.6. The lowest BCUT2D eigenvalue weighted by molar-refractivity contribution is -0.136. The molecule has 0 radical (unpaired) electrons. The number of nitrogens with two attached hydrogens (primary N) is 1. The van der Waals surface area contributed by atoms with Crippen molar-refractivity contribution in [2.45, 2.75) is 19.9 Å². The molecular formula is C15H26N4O. The minimum atomic E-state index is -0.0890. The number of carbonyl (C=O) groups is 1. The number of pyridine rings is 1. The van der Waals surface area contributed by atoms with Crippen LogP contribution in [-0.4, -0.2) is 54.4 Å². The Kier molecular flexibility index (Phi) is 7.18. The third-order valence-corrected chi connectivity index (χ3v) is 3.35. The van der Waals surface area contributed by atoms with Crippen LogP contribution in [0, 0.1) is 5.92 Å². The molecular weight excluding hydrogens is 252 g/mol. The van der Waals surface area contributed by atoms with Gasteiger partial charge in [-0.2, -0.15) is 0 Å². The lowest BCUT2D eigenvalue weighted by Gasteiger charge is -2.27. The number of amides is 1. The standard InChI is InChI=1S/C15H26N4O/c1-4-14(10-16)15(20)19(9-8-18(2)3)12-13-6-5-7-17-11-13/h5-7,11,14H,4,8-10,12,16H2,1-3H3. The zero-order chi connectivity index (χ0) is 15.0. The SMILES string of the molecule is CCC(CN)C(=O)N(CCN(C)C)Cc1cccnc1. The molecule has 5 heteroatoms. The summed E-state index contributed by atoms with van der Waals surface area (Å²) in [7, 11) is 4.01. The monoisotopic (exact) mass is 278 g/mol. The van der Waals surface area contributed by atoms with Gasteiger partial charge in [0, 0.05) is 38.6 Å².